The van der Waals surface area contributed by atoms with Gasteiger partial charge in [0.2, 0.25) is 0 Å². The van der Waals surface area contributed by atoms with Crippen molar-refractivity contribution in [2.24, 2.45) is 5.92 Å². The van der Waals surface area contributed by atoms with E-state index >= 15 is 0 Å². The van der Waals surface area contributed by atoms with Gasteiger partial charge in [0, 0.05) is 12.1 Å². The Hall–Kier alpha value is -0.120. The Morgan fingerprint density at radius 3 is 2.19 bits per heavy atom. The predicted octanol–water partition coefficient (Wildman–Crippen LogP) is 1.98. The van der Waals surface area contributed by atoms with Crippen LogP contribution >= 0.6 is 0 Å². The number of nitrogens with one attached hydrogen (secondary N) is 1. The molecule has 16 heavy (non-hydrogen) atoms. The van der Waals surface area contributed by atoms with E-state index in [0.717, 1.165) is 19.7 Å². The smallest absolute Gasteiger partial charge is 0.0723 e. The summed E-state index contributed by atoms with van der Waals surface area (Å²) in [4.78, 5) is 2.21. The summed E-state index contributed by atoms with van der Waals surface area (Å²) in [6, 6.07) is 0. The fraction of sp³-hybridized carbons (Fsp3) is 1.00. The second-order valence-electron chi connectivity index (χ2n) is 5.61. The average Bonchev–Trinajstić information content (AvgIpc) is 2.16. The van der Waals surface area contributed by atoms with Crippen LogP contribution in [0.3, 0.4) is 0 Å². The first-order valence-corrected chi connectivity index (χ1v) is 6.31. The number of nitrogens with zero attached hydrogens (tertiary/aromatic N) is 1. The van der Waals surface area contributed by atoms with E-state index in [4.69, 9.17) is 4.74 Å². The van der Waals surface area contributed by atoms with Crippen LogP contribution in [0.2, 0.25) is 0 Å². The Labute approximate surface area is 102 Å². The van der Waals surface area contributed by atoms with Gasteiger partial charge in [-0.25, -0.2) is 0 Å². The molecule has 98 valence electrons. The van der Waals surface area contributed by atoms with E-state index in [2.05, 4.69) is 58.9 Å². The lowest BCUT2D eigenvalue weighted by Gasteiger charge is -2.34. The molecule has 3 nitrogen and oxygen atoms in total. The van der Waals surface area contributed by atoms with Gasteiger partial charge in [-0.2, -0.15) is 0 Å². The van der Waals surface area contributed by atoms with Gasteiger partial charge < -0.3 is 15.0 Å². The third-order valence-corrected chi connectivity index (χ3v) is 3.20. The van der Waals surface area contributed by atoms with Gasteiger partial charge in [0.15, 0.2) is 0 Å². The molecule has 0 aromatic heterocycles. The molecule has 0 aliphatic heterocycles. The van der Waals surface area contributed by atoms with E-state index in [1.165, 1.54) is 0 Å². The number of hydrogen-bond acceptors (Lipinski definition) is 3. The van der Waals surface area contributed by atoms with Crippen LogP contribution in [0.25, 0.3) is 0 Å². The quantitative estimate of drug-likeness (QED) is 0.690. The molecule has 0 aliphatic carbocycles. The summed E-state index contributed by atoms with van der Waals surface area (Å²) >= 11 is 0. The van der Waals surface area contributed by atoms with Gasteiger partial charge in [-0.15, -0.1) is 0 Å². The zero-order valence-electron chi connectivity index (χ0n) is 12.1. The Kier molecular flexibility index (Phi) is 7.20. The van der Waals surface area contributed by atoms with Crippen molar-refractivity contribution >= 4 is 0 Å². The maximum atomic E-state index is 6.03. The van der Waals surface area contributed by atoms with Crippen LogP contribution in [-0.4, -0.2) is 50.3 Å². The molecule has 1 unspecified atom stereocenters. The normalized spacial score (nSPS) is 14.8. The predicted molar refractivity (Wildman–Crippen MR) is 70.9 cm³/mol. The largest absolute Gasteiger partial charge is 0.375 e. The van der Waals surface area contributed by atoms with Crippen LogP contribution in [0.15, 0.2) is 0 Å². The summed E-state index contributed by atoms with van der Waals surface area (Å²) < 4.78 is 6.03. The molecule has 0 rings (SSSR count). The van der Waals surface area contributed by atoms with Crippen molar-refractivity contribution in [2.75, 3.05) is 33.8 Å². The minimum atomic E-state index is 0.0966. The first-order valence-electron chi connectivity index (χ1n) is 6.31. The second-order valence-corrected chi connectivity index (χ2v) is 5.61. The SMILES string of the molecule is CCNCC(OCC(C)(C)N(C)C)C(C)C. The number of rotatable bonds is 8. The number of likely N-dealkylation sites (N-methyl/N-ethyl adjacent to an activating group) is 2. The summed E-state index contributed by atoms with van der Waals surface area (Å²) in [5.74, 6) is 0.553. The molecule has 3 heteroatoms. The minimum absolute atomic E-state index is 0.0966. The van der Waals surface area contributed by atoms with Crippen LogP contribution in [0.4, 0.5) is 0 Å². The summed E-state index contributed by atoms with van der Waals surface area (Å²) in [5, 5.41) is 3.36. The molecule has 0 spiro atoms. The van der Waals surface area contributed by atoms with Gasteiger partial charge in [-0.1, -0.05) is 20.8 Å². The fourth-order valence-corrected chi connectivity index (χ4v) is 1.21. The second kappa shape index (κ2) is 7.25. The lowest BCUT2D eigenvalue weighted by atomic mass is 10.0. The summed E-state index contributed by atoms with van der Waals surface area (Å²) in [7, 11) is 4.19. The van der Waals surface area contributed by atoms with Crippen molar-refractivity contribution in [3.63, 3.8) is 0 Å². The Bertz CT molecular complexity index is 179. The van der Waals surface area contributed by atoms with Crippen LogP contribution < -0.4 is 5.32 Å². The van der Waals surface area contributed by atoms with E-state index in [1.54, 1.807) is 0 Å². The van der Waals surface area contributed by atoms with Crippen LogP contribution in [0.5, 0.6) is 0 Å². The highest BCUT2D eigenvalue weighted by Crippen LogP contribution is 2.14. The molecule has 0 aliphatic rings. The van der Waals surface area contributed by atoms with E-state index in [9.17, 15) is 0 Å². The highest BCUT2D eigenvalue weighted by atomic mass is 16.5. The molecule has 0 bridgehead atoms. The maximum Gasteiger partial charge on any atom is 0.0723 e. The Morgan fingerprint density at radius 1 is 1.25 bits per heavy atom. The summed E-state index contributed by atoms with van der Waals surface area (Å²) in [6.45, 7) is 13.7. The fourth-order valence-electron chi connectivity index (χ4n) is 1.21. The Morgan fingerprint density at radius 2 is 1.81 bits per heavy atom. The molecule has 0 fully saturated rings. The van der Waals surface area contributed by atoms with Gasteiger partial charge in [0.05, 0.1) is 12.7 Å². The third kappa shape index (κ3) is 5.83. The minimum Gasteiger partial charge on any atom is -0.375 e. The molecular formula is C13H30N2O. The molecule has 0 saturated carbocycles. The van der Waals surface area contributed by atoms with Crippen molar-refractivity contribution < 1.29 is 4.74 Å². The highest BCUT2D eigenvalue weighted by molar-refractivity contribution is 4.78. The topological polar surface area (TPSA) is 24.5 Å². The van der Waals surface area contributed by atoms with Gasteiger partial charge in [0.25, 0.3) is 0 Å². The number of ether oxygens (including phenoxy) is 1. The van der Waals surface area contributed by atoms with Gasteiger partial charge in [0.1, 0.15) is 0 Å². The zero-order valence-corrected chi connectivity index (χ0v) is 12.1. The zero-order chi connectivity index (χ0) is 12.8. The molecular weight excluding hydrogens is 200 g/mol. The standard InChI is InChI=1S/C13H30N2O/c1-8-14-9-12(11(2)3)16-10-13(4,5)15(6)7/h11-12,14H,8-10H2,1-7H3. The van der Waals surface area contributed by atoms with Gasteiger partial charge in [-0.05, 0) is 40.4 Å². The molecule has 0 aromatic carbocycles. The van der Waals surface area contributed by atoms with E-state index in [1.807, 2.05) is 0 Å². The molecule has 0 radical (unpaired) electrons. The molecule has 0 amide bonds. The van der Waals surface area contributed by atoms with Crippen molar-refractivity contribution in [1.29, 1.82) is 0 Å². The third-order valence-electron chi connectivity index (χ3n) is 3.20. The Balaban J connectivity index is 4.11. The molecule has 0 aromatic rings. The monoisotopic (exact) mass is 230 g/mol. The van der Waals surface area contributed by atoms with Crippen molar-refractivity contribution in [2.45, 2.75) is 46.3 Å². The van der Waals surface area contributed by atoms with Crippen molar-refractivity contribution in [3.05, 3.63) is 0 Å². The van der Waals surface area contributed by atoms with E-state index < -0.39 is 0 Å². The maximum absolute atomic E-state index is 6.03. The first kappa shape index (κ1) is 15.9. The van der Waals surface area contributed by atoms with Crippen molar-refractivity contribution in [1.82, 2.24) is 10.2 Å². The first-order chi connectivity index (χ1) is 7.31. The number of hydrogen-bond donors (Lipinski definition) is 1. The van der Waals surface area contributed by atoms with Crippen LogP contribution in [0.1, 0.15) is 34.6 Å². The van der Waals surface area contributed by atoms with Crippen molar-refractivity contribution in [3.8, 4) is 0 Å². The van der Waals surface area contributed by atoms with Gasteiger partial charge >= 0.3 is 0 Å². The lowest BCUT2D eigenvalue weighted by molar-refractivity contribution is -0.0297. The molecule has 0 heterocycles. The van der Waals surface area contributed by atoms with Crippen LogP contribution in [0, 0.1) is 5.92 Å². The summed E-state index contributed by atoms with van der Waals surface area (Å²) in [6.07, 6.45) is 0.305. The van der Waals surface area contributed by atoms with Gasteiger partial charge in [-0.3, -0.25) is 0 Å². The molecule has 1 atom stereocenters. The average molecular weight is 230 g/mol. The molecule has 0 saturated heterocycles. The molecule has 1 N–H and O–H groups in total. The lowest BCUT2D eigenvalue weighted by Crippen LogP contribution is -2.45. The highest BCUT2D eigenvalue weighted by Gasteiger charge is 2.23. The van der Waals surface area contributed by atoms with E-state index in [-0.39, 0.29) is 5.54 Å². The van der Waals surface area contributed by atoms with E-state index in [0.29, 0.717) is 12.0 Å². The van der Waals surface area contributed by atoms with Crippen LogP contribution in [-0.2, 0) is 4.74 Å². The summed E-state index contributed by atoms with van der Waals surface area (Å²) in [5.41, 5.74) is 0.0966.